The fraction of sp³-hybridized carbons (Fsp3) is 0.909. The molecule has 0 aromatic rings. The van der Waals surface area contributed by atoms with E-state index < -0.39 is 16.9 Å². The summed E-state index contributed by atoms with van der Waals surface area (Å²) in [5, 5.41) is 12.3. The van der Waals surface area contributed by atoms with Crippen molar-refractivity contribution >= 4 is 5.97 Å². The third-order valence-corrected chi connectivity index (χ3v) is 3.46. The zero-order chi connectivity index (χ0) is 12.4. The number of carboxylic acids is 1. The van der Waals surface area contributed by atoms with Crippen LogP contribution in [0.2, 0.25) is 0 Å². The molecule has 0 spiro atoms. The average molecular weight is 228 g/mol. The van der Waals surface area contributed by atoms with Crippen LogP contribution < -0.4 is 0 Å². The van der Waals surface area contributed by atoms with E-state index in [4.69, 9.17) is 5.11 Å². The van der Waals surface area contributed by atoms with Crippen molar-refractivity contribution in [3.05, 3.63) is 4.91 Å². The highest BCUT2D eigenvalue weighted by atomic mass is 16.4. The number of carboxylic acid groups (broad SMARTS) is 1. The van der Waals surface area contributed by atoms with Crippen molar-refractivity contribution in [2.75, 3.05) is 20.1 Å². The Kier molecular flexibility index (Phi) is 3.68. The van der Waals surface area contributed by atoms with Crippen molar-refractivity contribution < 1.29 is 9.90 Å². The lowest BCUT2D eigenvalue weighted by atomic mass is 9.74. The number of aliphatic carboxylic acids is 1. The number of nitrogens with zero attached hydrogens (tertiary/aromatic N) is 2. The molecular weight excluding hydrogens is 208 g/mol. The molecule has 0 aliphatic carbocycles. The topological polar surface area (TPSA) is 70.0 Å². The normalized spacial score (nSPS) is 21.7. The minimum Gasteiger partial charge on any atom is -0.481 e. The maximum Gasteiger partial charge on any atom is 0.309 e. The van der Waals surface area contributed by atoms with Gasteiger partial charge >= 0.3 is 5.97 Å². The lowest BCUT2D eigenvalue weighted by molar-refractivity contribution is -0.148. The second-order valence-corrected chi connectivity index (χ2v) is 5.48. The van der Waals surface area contributed by atoms with Gasteiger partial charge in [-0.25, -0.2) is 0 Å². The Labute approximate surface area is 95.8 Å². The molecule has 0 unspecified atom stereocenters. The highest BCUT2D eigenvalue weighted by Crippen LogP contribution is 2.37. The molecule has 1 saturated heterocycles. The van der Waals surface area contributed by atoms with Gasteiger partial charge in [0.2, 0.25) is 0 Å². The first-order chi connectivity index (χ1) is 7.31. The molecule has 16 heavy (non-hydrogen) atoms. The standard InChI is InChI=1S/C11H20N2O3/c1-10(2,9(14)15)8-11(12-16)4-6-13(3)7-5-11/h4-8H2,1-3H3,(H,14,15). The van der Waals surface area contributed by atoms with E-state index in [1.807, 2.05) is 7.05 Å². The van der Waals surface area contributed by atoms with E-state index in [1.165, 1.54) is 0 Å². The molecule has 1 fully saturated rings. The highest BCUT2D eigenvalue weighted by Gasteiger charge is 2.43. The molecule has 1 rings (SSSR count). The zero-order valence-electron chi connectivity index (χ0n) is 10.2. The number of hydrogen-bond donors (Lipinski definition) is 1. The van der Waals surface area contributed by atoms with Crippen molar-refractivity contribution in [1.29, 1.82) is 0 Å². The SMILES string of the molecule is CN1CCC(CC(C)(C)C(=O)O)(N=O)CC1. The van der Waals surface area contributed by atoms with Gasteiger partial charge in [-0.05, 0) is 40.2 Å². The van der Waals surface area contributed by atoms with Gasteiger partial charge in [-0.1, -0.05) is 5.18 Å². The maximum absolute atomic E-state index is 11.1. The van der Waals surface area contributed by atoms with Gasteiger partial charge in [0.25, 0.3) is 0 Å². The van der Waals surface area contributed by atoms with Crippen LogP contribution in [0.15, 0.2) is 5.18 Å². The van der Waals surface area contributed by atoms with Crippen molar-refractivity contribution in [2.24, 2.45) is 10.6 Å². The first-order valence-corrected chi connectivity index (χ1v) is 5.58. The Morgan fingerprint density at radius 1 is 1.44 bits per heavy atom. The summed E-state index contributed by atoms with van der Waals surface area (Å²) in [6.45, 7) is 4.92. The summed E-state index contributed by atoms with van der Waals surface area (Å²) in [7, 11) is 2.00. The smallest absolute Gasteiger partial charge is 0.309 e. The molecule has 0 saturated carbocycles. The lowest BCUT2D eigenvalue weighted by Gasteiger charge is -2.38. The van der Waals surface area contributed by atoms with Crippen LogP contribution >= 0.6 is 0 Å². The summed E-state index contributed by atoms with van der Waals surface area (Å²) in [6.07, 6.45) is 1.64. The van der Waals surface area contributed by atoms with E-state index in [0.29, 0.717) is 19.3 Å². The summed E-state index contributed by atoms with van der Waals surface area (Å²) in [4.78, 5) is 24.2. The highest BCUT2D eigenvalue weighted by molar-refractivity contribution is 5.73. The molecule has 1 aliphatic rings. The summed E-state index contributed by atoms with van der Waals surface area (Å²) < 4.78 is 0. The minimum absolute atomic E-state index is 0.326. The summed E-state index contributed by atoms with van der Waals surface area (Å²) in [5.74, 6) is -0.866. The second-order valence-electron chi connectivity index (χ2n) is 5.48. The number of nitroso groups, excluding NO2 is 1. The maximum atomic E-state index is 11.1. The van der Waals surface area contributed by atoms with Crippen LogP contribution in [-0.4, -0.2) is 41.7 Å². The molecule has 5 heteroatoms. The quantitative estimate of drug-likeness (QED) is 0.744. The summed E-state index contributed by atoms with van der Waals surface area (Å²) in [6, 6.07) is 0. The van der Waals surface area contributed by atoms with E-state index in [2.05, 4.69) is 10.1 Å². The molecular formula is C11H20N2O3. The van der Waals surface area contributed by atoms with E-state index >= 15 is 0 Å². The minimum atomic E-state index is -0.885. The molecule has 0 aromatic heterocycles. The van der Waals surface area contributed by atoms with Crippen molar-refractivity contribution in [3.8, 4) is 0 Å². The van der Waals surface area contributed by atoms with Crippen LogP contribution in [0.4, 0.5) is 0 Å². The summed E-state index contributed by atoms with van der Waals surface area (Å²) in [5.41, 5.74) is -1.57. The van der Waals surface area contributed by atoms with Crippen LogP contribution in [0.1, 0.15) is 33.1 Å². The first kappa shape index (κ1) is 13.1. The molecule has 0 radical (unpaired) electrons. The molecule has 0 aromatic carbocycles. The van der Waals surface area contributed by atoms with Crippen LogP contribution in [0.3, 0.4) is 0 Å². The molecule has 0 bridgehead atoms. The largest absolute Gasteiger partial charge is 0.481 e. The lowest BCUT2D eigenvalue weighted by Crippen LogP contribution is -2.45. The first-order valence-electron chi connectivity index (χ1n) is 5.58. The predicted octanol–water partition coefficient (Wildman–Crippen LogP) is 1.72. The Balaban J connectivity index is 2.75. The molecule has 5 nitrogen and oxygen atoms in total. The molecule has 92 valence electrons. The second kappa shape index (κ2) is 4.49. The number of rotatable bonds is 4. The molecule has 0 atom stereocenters. The fourth-order valence-corrected chi connectivity index (χ4v) is 2.23. The molecule has 1 N–H and O–H groups in total. The average Bonchev–Trinajstić information content (AvgIpc) is 2.21. The van der Waals surface area contributed by atoms with Gasteiger partial charge < -0.3 is 10.0 Å². The van der Waals surface area contributed by atoms with Crippen molar-refractivity contribution in [1.82, 2.24) is 4.90 Å². The van der Waals surface area contributed by atoms with Crippen molar-refractivity contribution in [3.63, 3.8) is 0 Å². The van der Waals surface area contributed by atoms with Crippen LogP contribution in [0, 0.1) is 10.3 Å². The van der Waals surface area contributed by atoms with Crippen LogP contribution in [0.5, 0.6) is 0 Å². The van der Waals surface area contributed by atoms with Crippen LogP contribution in [0.25, 0.3) is 0 Å². The van der Waals surface area contributed by atoms with E-state index in [9.17, 15) is 9.70 Å². The Bertz CT molecular complexity index is 281. The fourth-order valence-electron chi connectivity index (χ4n) is 2.23. The number of carbonyl (C=O) groups is 1. The zero-order valence-corrected chi connectivity index (χ0v) is 10.2. The monoisotopic (exact) mass is 228 g/mol. The van der Waals surface area contributed by atoms with Gasteiger partial charge in [-0.3, -0.25) is 4.79 Å². The summed E-state index contributed by atoms with van der Waals surface area (Å²) >= 11 is 0. The molecule has 1 heterocycles. The third kappa shape index (κ3) is 2.78. The third-order valence-electron chi connectivity index (χ3n) is 3.46. The van der Waals surface area contributed by atoms with Gasteiger partial charge in [0.05, 0.1) is 5.41 Å². The Morgan fingerprint density at radius 3 is 2.31 bits per heavy atom. The van der Waals surface area contributed by atoms with E-state index in [0.717, 1.165) is 13.1 Å². The predicted molar refractivity (Wildman–Crippen MR) is 61.3 cm³/mol. The van der Waals surface area contributed by atoms with Gasteiger partial charge in [-0.2, -0.15) is 4.91 Å². The Morgan fingerprint density at radius 2 is 1.94 bits per heavy atom. The molecule has 0 amide bonds. The van der Waals surface area contributed by atoms with Gasteiger partial charge in [0.15, 0.2) is 0 Å². The van der Waals surface area contributed by atoms with Crippen molar-refractivity contribution in [2.45, 2.75) is 38.6 Å². The molecule has 1 aliphatic heterocycles. The van der Waals surface area contributed by atoms with Gasteiger partial charge in [0.1, 0.15) is 5.54 Å². The number of hydrogen-bond acceptors (Lipinski definition) is 4. The van der Waals surface area contributed by atoms with E-state index in [1.54, 1.807) is 13.8 Å². The Hall–Kier alpha value is -0.970. The van der Waals surface area contributed by atoms with E-state index in [-0.39, 0.29) is 0 Å². The van der Waals surface area contributed by atoms with Crippen LogP contribution in [-0.2, 0) is 4.79 Å². The van der Waals surface area contributed by atoms with Gasteiger partial charge in [-0.15, -0.1) is 0 Å². The number of likely N-dealkylation sites (tertiary alicyclic amines) is 1. The number of piperidine rings is 1. The van der Waals surface area contributed by atoms with Gasteiger partial charge in [0, 0.05) is 13.1 Å².